The molecule has 0 amide bonds. The molecule has 2 aliphatic carbocycles. The number of ether oxygens (including phenoxy) is 1. The number of aliphatic carboxylic acids is 1. The van der Waals surface area contributed by atoms with Crippen LogP contribution in [0.2, 0.25) is 0 Å². The van der Waals surface area contributed by atoms with Gasteiger partial charge in [0.2, 0.25) is 0 Å². The molecule has 4 heteroatoms. The maximum Gasteiger partial charge on any atom is 0.310 e. The lowest BCUT2D eigenvalue weighted by Gasteiger charge is -2.30. The van der Waals surface area contributed by atoms with Gasteiger partial charge in [-0.05, 0) is 44.4 Å². The lowest BCUT2D eigenvalue weighted by Crippen LogP contribution is -2.39. The predicted molar refractivity (Wildman–Crippen MR) is 61.2 cm³/mol. The van der Waals surface area contributed by atoms with Crippen molar-refractivity contribution in [3.8, 4) is 0 Å². The SMILES string of the molecule is CC(C)OC(=O)C1C2CC(C)C(C2)C1C(=O)O. The molecule has 2 fully saturated rings. The van der Waals surface area contributed by atoms with E-state index >= 15 is 0 Å². The molecule has 17 heavy (non-hydrogen) atoms. The zero-order valence-electron chi connectivity index (χ0n) is 10.6. The largest absolute Gasteiger partial charge is 0.481 e. The van der Waals surface area contributed by atoms with E-state index < -0.39 is 17.8 Å². The fraction of sp³-hybridized carbons (Fsp3) is 0.846. The first kappa shape index (κ1) is 12.4. The number of carboxylic acids is 1. The van der Waals surface area contributed by atoms with Crippen molar-refractivity contribution >= 4 is 11.9 Å². The molecule has 2 rings (SSSR count). The number of rotatable bonds is 3. The molecule has 0 aromatic rings. The fourth-order valence-corrected chi connectivity index (χ4v) is 3.67. The van der Waals surface area contributed by atoms with Crippen molar-refractivity contribution in [1.29, 1.82) is 0 Å². The monoisotopic (exact) mass is 240 g/mol. The van der Waals surface area contributed by atoms with E-state index in [1.165, 1.54) is 0 Å². The molecule has 0 aromatic carbocycles. The first-order valence-corrected chi connectivity index (χ1v) is 6.35. The van der Waals surface area contributed by atoms with Crippen LogP contribution < -0.4 is 0 Å². The molecular formula is C13H20O4. The van der Waals surface area contributed by atoms with Crippen LogP contribution in [-0.2, 0) is 14.3 Å². The molecule has 2 bridgehead atoms. The number of carboxylic acid groups (broad SMARTS) is 1. The first-order valence-electron chi connectivity index (χ1n) is 6.35. The topological polar surface area (TPSA) is 63.6 Å². The van der Waals surface area contributed by atoms with E-state index in [1.807, 2.05) is 0 Å². The molecule has 2 saturated carbocycles. The second-order valence-electron chi connectivity index (χ2n) is 5.75. The van der Waals surface area contributed by atoms with Crippen LogP contribution in [0.3, 0.4) is 0 Å². The fourth-order valence-electron chi connectivity index (χ4n) is 3.67. The van der Waals surface area contributed by atoms with Gasteiger partial charge in [0.15, 0.2) is 0 Å². The van der Waals surface area contributed by atoms with Crippen molar-refractivity contribution in [3.63, 3.8) is 0 Å². The smallest absolute Gasteiger partial charge is 0.310 e. The summed E-state index contributed by atoms with van der Waals surface area (Å²) in [5.74, 6) is -1.32. The Labute approximate surface area is 101 Å². The van der Waals surface area contributed by atoms with Gasteiger partial charge >= 0.3 is 11.9 Å². The van der Waals surface area contributed by atoms with Gasteiger partial charge in [-0.3, -0.25) is 9.59 Å². The van der Waals surface area contributed by atoms with E-state index in [4.69, 9.17) is 4.74 Å². The Morgan fingerprint density at radius 2 is 1.88 bits per heavy atom. The molecule has 5 unspecified atom stereocenters. The van der Waals surface area contributed by atoms with Crippen LogP contribution >= 0.6 is 0 Å². The number of fused-ring (bicyclic) bond motifs is 2. The summed E-state index contributed by atoms with van der Waals surface area (Å²) < 4.78 is 5.20. The van der Waals surface area contributed by atoms with Crippen LogP contribution in [0.5, 0.6) is 0 Å². The summed E-state index contributed by atoms with van der Waals surface area (Å²) in [6.07, 6.45) is 1.66. The minimum Gasteiger partial charge on any atom is -0.481 e. The molecule has 2 aliphatic rings. The number of esters is 1. The van der Waals surface area contributed by atoms with E-state index in [-0.39, 0.29) is 23.9 Å². The summed E-state index contributed by atoms with van der Waals surface area (Å²) >= 11 is 0. The molecule has 0 saturated heterocycles. The summed E-state index contributed by atoms with van der Waals surface area (Å²) in [6, 6.07) is 0. The average Bonchev–Trinajstić information content (AvgIpc) is 2.71. The zero-order chi connectivity index (χ0) is 12.7. The van der Waals surface area contributed by atoms with Crippen LogP contribution in [0.25, 0.3) is 0 Å². The molecule has 0 spiro atoms. The normalized spacial score (nSPS) is 39.6. The molecule has 96 valence electrons. The van der Waals surface area contributed by atoms with Crippen molar-refractivity contribution in [1.82, 2.24) is 0 Å². The number of hydrogen-bond donors (Lipinski definition) is 1. The van der Waals surface area contributed by atoms with Crippen molar-refractivity contribution in [2.75, 3.05) is 0 Å². The van der Waals surface area contributed by atoms with Crippen molar-refractivity contribution < 1.29 is 19.4 Å². The predicted octanol–water partition coefficient (Wildman–Crippen LogP) is 1.93. The highest BCUT2D eigenvalue weighted by molar-refractivity contribution is 5.83. The molecule has 0 aromatic heterocycles. The molecule has 4 nitrogen and oxygen atoms in total. The highest BCUT2D eigenvalue weighted by atomic mass is 16.5. The summed E-state index contributed by atoms with van der Waals surface area (Å²) in [4.78, 5) is 23.3. The highest BCUT2D eigenvalue weighted by Crippen LogP contribution is 2.55. The van der Waals surface area contributed by atoms with Gasteiger partial charge in [0.25, 0.3) is 0 Å². The van der Waals surface area contributed by atoms with Crippen molar-refractivity contribution in [2.24, 2.45) is 29.6 Å². The van der Waals surface area contributed by atoms with Gasteiger partial charge in [-0.15, -0.1) is 0 Å². The molecular weight excluding hydrogens is 220 g/mol. The summed E-state index contributed by atoms with van der Waals surface area (Å²) in [5.41, 5.74) is 0. The van der Waals surface area contributed by atoms with E-state index in [0.717, 1.165) is 12.8 Å². The second-order valence-corrected chi connectivity index (χ2v) is 5.75. The first-order chi connectivity index (χ1) is 7.91. The molecule has 1 N–H and O–H groups in total. The summed E-state index contributed by atoms with van der Waals surface area (Å²) in [6.45, 7) is 5.68. The number of hydrogen-bond acceptors (Lipinski definition) is 3. The lowest BCUT2D eigenvalue weighted by molar-refractivity contribution is -0.163. The van der Waals surface area contributed by atoms with Crippen molar-refractivity contribution in [3.05, 3.63) is 0 Å². The van der Waals surface area contributed by atoms with Gasteiger partial charge in [-0.1, -0.05) is 6.92 Å². The third-order valence-corrected chi connectivity index (χ3v) is 4.25. The van der Waals surface area contributed by atoms with E-state index in [0.29, 0.717) is 5.92 Å². The molecule has 0 radical (unpaired) electrons. The van der Waals surface area contributed by atoms with Gasteiger partial charge < -0.3 is 9.84 Å². The van der Waals surface area contributed by atoms with Crippen molar-refractivity contribution in [2.45, 2.75) is 39.7 Å². The van der Waals surface area contributed by atoms with E-state index in [1.54, 1.807) is 13.8 Å². The van der Waals surface area contributed by atoms with Gasteiger partial charge in [-0.2, -0.15) is 0 Å². The minimum absolute atomic E-state index is 0.155. The highest BCUT2D eigenvalue weighted by Gasteiger charge is 2.57. The quantitative estimate of drug-likeness (QED) is 0.766. The Morgan fingerprint density at radius 1 is 1.24 bits per heavy atom. The van der Waals surface area contributed by atoms with Gasteiger partial charge in [0.05, 0.1) is 17.9 Å². The third kappa shape index (κ3) is 2.05. The van der Waals surface area contributed by atoms with Crippen LogP contribution in [0.4, 0.5) is 0 Å². The minimum atomic E-state index is -0.838. The number of carbonyl (C=O) groups is 2. The standard InChI is InChI=1S/C13H20O4/c1-6(2)17-13(16)10-8-4-7(3)9(5-8)11(10)12(14)15/h6-11H,4-5H2,1-3H3,(H,14,15). The Bertz CT molecular complexity index is 336. The second kappa shape index (κ2) is 4.31. The third-order valence-electron chi connectivity index (χ3n) is 4.25. The average molecular weight is 240 g/mol. The van der Waals surface area contributed by atoms with Crippen LogP contribution in [0, 0.1) is 29.6 Å². The maximum absolute atomic E-state index is 12.0. The molecule has 0 aliphatic heterocycles. The Balaban J connectivity index is 2.16. The van der Waals surface area contributed by atoms with Gasteiger partial charge in [-0.25, -0.2) is 0 Å². The van der Waals surface area contributed by atoms with Crippen LogP contribution in [0.15, 0.2) is 0 Å². The van der Waals surface area contributed by atoms with Crippen LogP contribution in [-0.4, -0.2) is 23.1 Å². The molecule has 5 atom stereocenters. The van der Waals surface area contributed by atoms with Crippen LogP contribution in [0.1, 0.15) is 33.6 Å². The Morgan fingerprint density at radius 3 is 2.41 bits per heavy atom. The van der Waals surface area contributed by atoms with E-state index in [9.17, 15) is 14.7 Å². The number of carbonyl (C=O) groups excluding carboxylic acids is 1. The maximum atomic E-state index is 12.0. The zero-order valence-corrected chi connectivity index (χ0v) is 10.6. The van der Waals surface area contributed by atoms with E-state index in [2.05, 4.69) is 6.92 Å². The summed E-state index contributed by atoms with van der Waals surface area (Å²) in [5, 5.41) is 9.30. The van der Waals surface area contributed by atoms with Gasteiger partial charge in [0, 0.05) is 0 Å². The Hall–Kier alpha value is -1.06. The Kier molecular flexibility index (Phi) is 3.15. The summed E-state index contributed by atoms with van der Waals surface area (Å²) in [7, 11) is 0. The molecule has 0 heterocycles. The lowest BCUT2D eigenvalue weighted by atomic mass is 9.74. The van der Waals surface area contributed by atoms with Gasteiger partial charge in [0.1, 0.15) is 0 Å².